The fourth-order valence-electron chi connectivity index (χ4n) is 2.15. The van der Waals surface area contributed by atoms with E-state index in [9.17, 15) is 4.39 Å². The van der Waals surface area contributed by atoms with Crippen molar-refractivity contribution in [3.8, 4) is 0 Å². The van der Waals surface area contributed by atoms with E-state index in [1.165, 1.54) is 0 Å². The number of halogens is 2. The molecule has 1 aromatic carbocycles. The molecule has 0 heterocycles. The average molecular weight is 258 g/mol. The summed E-state index contributed by atoms with van der Waals surface area (Å²) >= 11 is 5.82. The maximum Gasteiger partial charge on any atom is 0.146 e. The number of rotatable bonds is 6. The molecule has 0 aromatic heterocycles. The van der Waals surface area contributed by atoms with Gasteiger partial charge in [-0.25, -0.2) is 4.39 Å². The predicted octanol–water partition coefficient (Wildman–Crippen LogP) is 4.57. The molecule has 1 nitrogen and oxygen atoms in total. The topological polar surface area (TPSA) is 12.0 Å². The molecule has 0 spiro atoms. The van der Waals surface area contributed by atoms with Crippen molar-refractivity contribution in [1.29, 1.82) is 0 Å². The molecular weight excluding hydrogens is 237 g/mol. The summed E-state index contributed by atoms with van der Waals surface area (Å²) in [5.41, 5.74) is 0.673. The highest BCUT2D eigenvalue weighted by atomic mass is 35.5. The molecule has 0 bridgehead atoms. The van der Waals surface area contributed by atoms with Crippen LogP contribution >= 0.6 is 11.6 Å². The fraction of sp³-hybridized carbons (Fsp3) is 0.571. The first-order valence-corrected chi connectivity index (χ1v) is 6.62. The molecule has 0 radical (unpaired) electrons. The quantitative estimate of drug-likeness (QED) is 0.787. The summed E-state index contributed by atoms with van der Waals surface area (Å²) in [6, 6.07) is 5.24. The molecule has 1 aromatic rings. The van der Waals surface area contributed by atoms with E-state index in [0.717, 1.165) is 19.3 Å². The lowest BCUT2D eigenvalue weighted by Crippen LogP contribution is -2.20. The van der Waals surface area contributed by atoms with Crippen LogP contribution in [0.3, 0.4) is 0 Å². The van der Waals surface area contributed by atoms with Crippen LogP contribution in [0.2, 0.25) is 5.02 Å². The van der Waals surface area contributed by atoms with Crippen molar-refractivity contribution in [1.82, 2.24) is 5.32 Å². The molecule has 1 N–H and O–H groups in total. The Morgan fingerprint density at radius 2 is 1.94 bits per heavy atom. The van der Waals surface area contributed by atoms with Gasteiger partial charge in [-0.2, -0.15) is 0 Å². The second kappa shape index (κ2) is 6.97. The van der Waals surface area contributed by atoms with E-state index in [-0.39, 0.29) is 16.9 Å². The third-order valence-corrected chi connectivity index (χ3v) is 3.72. The SMILES string of the molecule is CCC(CC)CC(NC)c1cccc(Cl)c1F. The first-order chi connectivity index (χ1) is 8.13. The highest BCUT2D eigenvalue weighted by molar-refractivity contribution is 6.30. The zero-order chi connectivity index (χ0) is 12.8. The predicted molar refractivity (Wildman–Crippen MR) is 71.9 cm³/mol. The zero-order valence-electron chi connectivity index (χ0n) is 10.8. The lowest BCUT2D eigenvalue weighted by Gasteiger charge is -2.22. The van der Waals surface area contributed by atoms with Crippen molar-refractivity contribution >= 4 is 11.6 Å². The smallest absolute Gasteiger partial charge is 0.146 e. The van der Waals surface area contributed by atoms with Crippen LogP contribution in [0, 0.1) is 11.7 Å². The van der Waals surface area contributed by atoms with Crippen LogP contribution < -0.4 is 5.32 Å². The molecule has 0 aliphatic carbocycles. The summed E-state index contributed by atoms with van der Waals surface area (Å²) in [5.74, 6) is 0.324. The van der Waals surface area contributed by atoms with Gasteiger partial charge in [-0.3, -0.25) is 0 Å². The molecule has 0 amide bonds. The Morgan fingerprint density at radius 1 is 1.29 bits per heavy atom. The van der Waals surface area contributed by atoms with Crippen LogP contribution in [0.25, 0.3) is 0 Å². The first kappa shape index (κ1) is 14.5. The fourth-order valence-corrected chi connectivity index (χ4v) is 2.33. The van der Waals surface area contributed by atoms with Gasteiger partial charge in [0, 0.05) is 11.6 Å². The molecule has 0 fully saturated rings. The van der Waals surface area contributed by atoms with Crippen molar-refractivity contribution in [2.75, 3.05) is 7.05 Å². The number of nitrogens with one attached hydrogen (secondary N) is 1. The van der Waals surface area contributed by atoms with Gasteiger partial charge < -0.3 is 5.32 Å². The van der Waals surface area contributed by atoms with Gasteiger partial charge in [-0.15, -0.1) is 0 Å². The van der Waals surface area contributed by atoms with Gasteiger partial charge in [0.2, 0.25) is 0 Å². The van der Waals surface area contributed by atoms with Gasteiger partial charge in [0.15, 0.2) is 0 Å². The molecule has 0 saturated heterocycles. The monoisotopic (exact) mass is 257 g/mol. The zero-order valence-corrected chi connectivity index (χ0v) is 11.5. The highest BCUT2D eigenvalue weighted by Crippen LogP contribution is 2.29. The summed E-state index contributed by atoms with van der Waals surface area (Å²) in [6.45, 7) is 4.35. The van der Waals surface area contributed by atoms with Crippen LogP contribution in [0.15, 0.2) is 18.2 Å². The van der Waals surface area contributed by atoms with Gasteiger partial charge in [0.05, 0.1) is 5.02 Å². The Morgan fingerprint density at radius 3 is 2.47 bits per heavy atom. The van der Waals surface area contributed by atoms with E-state index in [1.807, 2.05) is 13.1 Å². The summed E-state index contributed by atoms with van der Waals surface area (Å²) in [5, 5.41) is 3.39. The Hall–Kier alpha value is -0.600. The Bertz CT molecular complexity index is 350. The third kappa shape index (κ3) is 3.68. The summed E-state index contributed by atoms with van der Waals surface area (Å²) < 4.78 is 13.9. The van der Waals surface area contributed by atoms with Crippen molar-refractivity contribution < 1.29 is 4.39 Å². The van der Waals surface area contributed by atoms with Crippen molar-refractivity contribution in [3.05, 3.63) is 34.6 Å². The number of hydrogen-bond donors (Lipinski definition) is 1. The maximum atomic E-state index is 13.9. The Balaban J connectivity index is 2.89. The van der Waals surface area contributed by atoms with E-state index in [2.05, 4.69) is 19.2 Å². The molecule has 96 valence electrons. The lowest BCUT2D eigenvalue weighted by molar-refractivity contribution is 0.378. The Labute approximate surface area is 108 Å². The van der Waals surface area contributed by atoms with Crippen LogP contribution in [-0.4, -0.2) is 7.05 Å². The van der Waals surface area contributed by atoms with Gasteiger partial charge >= 0.3 is 0 Å². The summed E-state index contributed by atoms with van der Waals surface area (Å²) in [7, 11) is 1.87. The second-order valence-corrected chi connectivity index (χ2v) is 4.81. The van der Waals surface area contributed by atoms with E-state index < -0.39 is 0 Å². The molecule has 3 heteroatoms. The minimum absolute atomic E-state index is 0.0404. The van der Waals surface area contributed by atoms with Crippen molar-refractivity contribution in [2.45, 2.75) is 39.2 Å². The van der Waals surface area contributed by atoms with E-state index in [1.54, 1.807) is 12.1 Å². The van der Waals surface area contributed by atoms with E-state index in [4.69, 9.17) is 11.6 Å². The number of benzene rings is 1. The molecular formula is C14H21ClFN. The Kier molecular flexibility index (Phi) is 5.93. The normalized spacial score (nSPS) is 13.1. The van der Waals surface area contributed by atoms with E-state index >= 15 is 0 Å². The van der Waals surface area contributed by atoms with Gasteiger partial charge in [-0.1, -0.05) is 50.4 Å². The van der Waals surface area contributed by atoms with Crippen molar-refractivity contribution in [3.63, 3.8) is 0 Å². The largest absolute Gasteiger partial charge is 0.313 e. The van der Waals surface area contributed by atoms with Gasteiger partial charge in [0.25, 0.3) is 0 Å². The average Bonchev–Trinajstić information content (AvgIpc) is 2.35. The summed E-state index contributed by atoms with van der Waals surface area (Å²) in [6.07, 6.45) is 3.19. The molecule has 17 heavy (non-hydrogen) atoms. The first-order valence-electron chi connectivity index (χ1n) is 6.25. The molecule has 0 aliphatic rings. The number of hydrogen-bond acceptors (Lipinski definition) is 1. The van der Waals surface area contributed by atoms with Crippen LogP contribution in [0.1, 0.15) is 44.7 Å². The third-order valence-electron chi connectivity index (χ3n) is 3.43. The minimum atomic E-state index is -0.292. The summed E-state index contributed by atoms with van der Waals surface area (Å²) in [4.78, 5) is 0. The highest BCUT2D eigenvalue weighted by Gasteiger charge is 2.18. The molecule has 0 saturated carbocycles. The van der Waals surface area contributed by atoms with Crippen LogP contribution in [0.5, 0.6) is 0 Å². The van der Waals surface area contributed by atoms with E-state index in [0.29, 0.717) is 11.5 Å². The molecule has 1 unspecified atom stereocenters. The van der Waals surface area contributed by atoms with Crippen LogP contribution in [0.4, 0.5) is 4.39 Å². The molecule has 1 rings (SSSR count). The molecule has 1 atom stereocenters. The minimum Gasteiger partial charge on any atom is -0.313 e. The second-order valence-electron chi connectivity index (χ2n) is 4.40. The van der Waals surface area contributed by atoms with Gasteiger partial charge in [0.1, 0.15) is 5.82 Å². The lowest BCUT2D eigenvalue weighted by atomic mass is 9.91. The van der Waals surface area contributed by atoms with Gasteiger partial charge in [-0.05, 0) is 25.5 Å². The molecule has 0 aliphatic heterocycles. The van der Waals surface area contributed by atoms with Crippen LogP contribution in [-0.2, 0) is 0 Å². The maximum absolute atomic E-state index is 13.9. The van der Waals surface area contributed by atoms with Crippen molar-refractivity contribution in [2.24, 2.45) is 5.92 Å². The standard InChI is InChI=1S/C14H21ClFN/c1-4-10(5-2)9-13(17-3)11-7-6-8-12(15)14(11)16/h6-8,10,13,17H,4-5,9H2,1-3H3.